The van der Waals surface area contributed by atoms with E-state index >= 15 is 0 Å². The molecule has 0 spiro atoms. The molecule has 1 aromatic rings. The summed E-state index contributed by atoms with van der Waals surface area (Å²) >= 11 is 0. The third-order valence-electron chi connectivity index (χ3n) is 2.21. The van der Waals surface area contributed by atoms with Crippen molar-refractivity contribution in [2.45, 2.75) is 0 Å². The molecule has 0 bridgehead atoms. The van der Waals surface area contributed by atoms with Crippen molar-refractivity contribution in [3.05, 3.63) is 18.2 Å². The van der Waals surface area contributed by atoms with Crippen LogP contribution >= 0.6 is 0 Å². The number of fused-ring (bicyclic) bond motifs is 1. The average molecular weight is 223 g/mol. The van der Waals surface area contributed by atoms with E-state index in [1.807, 2.05) is 12.1 Å². The standard InChI is InChI=1S/C11H13NO4/c1-14-11(13)7-12-8-2-3-9-10(6-8)16-5-4-15-9/h2-3,6,12H,4-5,7H2,1H3. The lowest BCUT2D eigenvalue weighted by Crippen LogP contribution is -2.17. The van der Waals surface area contributed by atoms with Gasteiger partial charge in [0.15, 0.2) is 11.5 Å². The van der Waals surface area contributed by atoms with Crippen molar-refractivity contribution in [2.75, 3.05) is 32.2 Å². The van der Waals surface area contributed by atoms with Crippen LogP contribution in [-0.2, 0) is 9.53 Å². The molecule has 5 nitrogen and oxygen atoms in total. The van der Waals surface area contributed by atoms with Gasteiger partial charge in [0.25, 0.3) is 0 Å². The molecule has 86 valence electrons. The Labute approximate surface area is 93.3 Å². The molecule has 1 heterocycles. The van der Waals surface area contributed by atoms with Gasteiger partial charge in [-0.1, -0.05) is 0 Å². The summed E-state index contributed by atoms with van der Waals surface area (Å²) in [7, 11) is 1.35. The summed E-state index contributed by atoms with van der Waals surface area (Å²) in [5, 5.41) is 2.94. The lowest BCUT2D eigenvalue weighted by molar-refractivity contribution is -0.138. The van der Waals surface area contributed by atoms with Crippen LogP contribution in [0.2, 0.25) is 0 Å². The van der Waals surface area contributed by atoms with Gasteiger partial charge in [-0.3, -0.25) is 4.79 Å². The summed E-state index contributed by atoms with van der Waals surface area (Å²) in [4.78, 5) is 10.9. The smallest absolute Gasteiger partial charge is 0.325 e. The highest BCUT2D eigenvalue weighted by molar-refractivity contribution is 5.75. The fraction of sp³-hybridized carbons (Fsp3) is 0.364. The molecule has 2 rings (SSSR count). The van der Waals surface area contributed by atoms with Crippen LogP contribution in [0, 0.1) is 0 Å². The second-order valence-corrected chi connectivity index (χ2v) is 3.29. The Morgan fingerprint density at radius 2 is 2.12 bits per heavy atom. The van der Waals surface area contributed by atoms with E-state index in [4.69, 9.17) is 9.47 Å². The maximum Gasteiger partial charge on any atom is 0.325 e. The molecule has 5 heteroatoms. The number of nitrogens with one attached hydrogen (secondary N) is 1. The van der Waals surface area contributed by atoms with Gasteiger partial charge >= 0.3 is 5.97 Å². The van der Waals surface area contributed by atoms with E-state index in [0.717, 1.165) is 11.4 Å². The van der Waals surface area contributed by atoms with Crippen LogP contribution in [0.1, 0.15) is 0 Å². The van der Waals surface area contributed by atoms with E-state index in [9.17, 15) is 4.79 Å². The zero-order valence-corrected chi connectivity index (χ0v) is 8.99. The third-order valence-corrected chi connectivity index (χ3v) is 2.21. The first-order valence-electron chi connectivity index (χ1n) is 5.00. The van der Waals surface area contributed by atoms with E-state index in [1.165, 1.54) is 7.11 Å². The van der Waals surface area contributed by atoms with Crippen LogP contribution < -0.4 is 14.8 Å². The van der Waals surface area contributed by atoms with Crippen molar-refractivity contribution >= 4 is 11.7 Å². The molecule has 16 heavy (non-hydrogen) atoms. The first kappa shape index (κ1) is 10.6. The molecule has 0 unspecified atom stereocenters. The summed E-state index contributed by atoms with van der Waals surface area (Å²) in [6.45, 7) is 1.26. The van der Waals surface area contributed by atoms with E-state index in [-0.39, 0.29) is 12.5 Å². The predicted octanol–water partition coefficient (Wildman–Crippen LogP) is 1.04. The molecule has 1 aliphatic heterocycles. The lowest BCUT2D eigenvalue weighted by Gasteiger charge is -2.19. The second kappa shape index (κ2) is 4.74. The molecule has 0 saturated heterocycles. The molecule has 0 fully saturated rings. The number of hydrogen-bond acceptors (Lipinski definition) is 5. The minimum atomic E-state index is -0.310. The van der Waals surface area contributed by atoms with Crippen LogP contribution in [-0.4, -0.2) is 32.8 Å². The van der Waals surface area contributed by atoms with Crippen molar-refractivity contribution < 1.29 is 19.0 Å². The first-order valence-corrected chi connectivity index (χ1v) is 5.00. The van der Waals surface area contributed by atoms with E-state index in [1.54, 1.807) is 6.07 Å². The molecule has 0 amide bonds. The highest BCUT2D eigenvalue weighted by Gasteiger charge is 2.11. The highest BCUT2D eigenvalue weighted by atomic mass is 16.6. The van der Waals surface area contributed by atoms with E-state index < -0.39 is 0 Å². The van der Waals surface area contributed by atoms with Crippen molar-refractivity contribution in [3.63, 3.8) is 0 Å². The normalized spacial score (nSPS) is 13.1. The number of rotatable bonds is 3. The molecule has 0 aliphatic carbocycles. The van der Waals surface area contributed by atoms with Crippen LogP contribution in [0.25, 0.3) is 0 Å². The maximum absolute atomic E-state index is 10.9. The minimum absolute atomic E-state index is 0.135. The SMILES string of the molecule is COC(=O)CNc1ccc2c(c1)OCCO2. The van der Waals surface area contributed by atoms with Crippen LogP contribution in [0.5, 0.6) is 11.5 Å². The molecule has 0 aromatic heterocycles. The van der Waals surface area contributed by atoms with Crippen LogP contribution in [0.4, 0.5) is 5.69 Å². The maximum atomic E-state index is 10.9. The number of methoxy groups -OCH3 is 1. The Morgan fingerprint density at radius 1 is 1.38 bits per heavy atom. The Hall–Kier alpha value is -1.91. The molecule has 1 aliphatic rings. The largest absolute Gasteiger partial charge is 0.486 e. The minimum Gasteiger partial charge on any atom is -0.486 e. The number of hydrogen-bond donors (Lipinski definition) is 1. The molecule has 0 radical (unpaired) electrons. The number of esters is 1. The lowest BCUT2D eigenvalue weighted by atomic mass is 10.2. The van der Waals surface area contributed by atoms with Gasteiger partial charge in [0, 0.05) is 11.8 Å². The van der Waals surface area contributed by atoms with Crippen LogP contribution in [0.3, 0.4) is 0 Å². The number of anilines is 1. The number of benzene rings is 1. The molecule has 1 aromatic carbocycles. The quantitative estimate of drug-likeness (QED) is 0.776. The Kier molecular flexibility index (Phi) is 3.14. The molecular formula is C11H13NO4. The third kappa shape index (κ3) is 2.36. The fourth-order valence-electron chi connectivity index (χ4n) is 1.40. The summed E-state index contributed by atoms with van der Waals surface area (Å²) < 4.78 is 15.3. The fourth-order valence-corrected chi connectivity index (χ4v) is 1.40. The van der Waals surface area contributed by atoms with Gasteiger partial charge in [0.05, 0.1) is 7.11 Å². The zero-order chi connectivity index (χ0) is 11.4. The van der Waals surface area contributed by atoms with Crippen molar-refractivity contribution in [1.29, 1.82) is 0 Å². The second-order valence-electron chi connectivity index (χ2n) is 3.29. The average Bonchev–Trinajstić information content (AvgIpc) is 2.35. The summed E-state index contributed by atoms with van der Waals surface area (Å²) in [6.07, 6.45) is 0. The first-order chi connectivity index (χ1) is 7.79. The topological polar surface area (TPSA) is 56.8 Å². The monoisotopic (exact) mass is 223 g/mol. The summed E-state index contributed by atoms with van der Waals surface area (Å²) in [5.41, 5.74) is 0.801. The van der Waals surface area contributed by atoms with Gasteiger partial charge in [0.2, 0.25) is 0 Å². The van der Waals surface area contributed by atoms with E-state index in [0.29, 0.717) is 19.0 Å². The summed E-state index contributed by atoms with van der Waals surface area (Å²) in [6, 6.07) is 5.45. The molecule has 0 saturated carbocycles. The van der Waals surface area contributed by atoms with Gasteiger partial charge in [-0.05, 0) is 12.1 Å². The Bertz CT molecular complexity index is 392. The number of carbonyl (C=O) groups excluding carboxylic acids is 1. The molecular weight excluding hydrogens is 210 g/mol. The van der Waals surface area contributed by atoms with Crippen molar-refractivity contribution in [1.82, 2.24) is 0 Å². The summed E-state index contributed by atoms with van der Waals surface area (Å²) in [5.74, 6) is 1.12. The zero-order valence-electron chi connectivity index (χ0n) is 8.99. The van der Waals surface area contributed by atoms with Crippen molar-refractivity contribution in [3.8, 4) is 11.5 Å². The molecule has 0 atom stereocenters. The van der Waals surface area contributed by atoms with Gasteiger partial charge in [-0.25, -0.2) is 0 Å². The van der Waals surface area contributed by atoms with Crippen LogP contribution in [0.15, 0.2) is 18.2 Å². The molecule has 1 N–H and O–H groups in total. The van der Waals surface area contributed by atoms with Gasteiger partial charge in [0.1, 0.15) is 19.8 Å². The van der Waals surface area contributed by atoms with Crippen molar-refractivity contribution in [2.24, 2.45) is 0 Å². The highest BCUT2D eigenvalue weighted by Crippen LogP contribution is 2.32. The van der Waals surface area contributed by atoms with Gasteiger partial charge < -0.3 is 19.5 Å². The van der Waals surface area contributed by atoms with Gasteiger partial charge in [-0.2, -0.15) is 0 Å². The Balaban J connectivity index is 2.03. The number of ether oxygens (including phenoxy) is 3. The predicted molar refractivity (Wildman–Crippen MR) is 57.9 cm³/mol. The van der Waals surface area contributed by atoms with E-state index in [2.05, 4.69) is 10.1 Å². The van der Waals surface area contributed by atoms with Gasteiger partial charge in [-0.15, -0.1) is 0 Å². The number of carbonyl (C=O) groups is 1. The Morgan fingerprint density at radius 3 is 2.88 bits per heavy atom.